The maximum Gasteiger partial charge on any atom is 0.260 e. The molecule has 0 aromatic heterocycles. The molecule has 4 fully saturated rings. The number of phenols is 1. The Kier molecular flexibility index (Phi) is 9.40. The van der Waals surface area contributed by atoms with Gasteiger partial charge >= 0.3 is 0 Å². The number of anilines is 1. The molecule has 9 rings (SSSR count). The number of phenolic OH excluding ortho intramolecular Hbond substituents is 1. The van der Waals surface area contributed by atoms with Crippen LogP contribution < -0.4 is 10.2 Å². The van der Waals surface area contributed by atoms with Gasteiger partial charge < -0.3 is 9.84 Å². The second-order valence-electron chi connectivity index (χ2n) is 15.8. The number of aromatic hydroxyl groups is 1. The average molecular weight is 789 g/mol. The molecule has 4 aromatic rings. The number of piperidine rings is 1. The van der Waals surface area contributed by atoms with Crippen molar-refractivity contribution in [3.63, 3.8) is 0 Å². The Morgan fingerprint density at radius 1 is 0.877 bits per heavy atom. The number of rotatable bonds is 8. The van der Waals surface area contributed by atoms with E-state index < -0.39 is 52.6 Å². The lowest BCUT2D eigenvalue weighted by molar-refractivity contribution is -0.144. The predicted molar refractivity (Wildman–Crippen MR) is 210 cm³/mol. The van der Waals surface area contributed by atoms with Gasteiger partial charge in [0.05, 0.1) is 36.0 Å². The highest BCUT2D eigenvalue weighted by atomic mass is 35.5. The molecule has 2 aliphatic carbocycles. The van der Waals surface area contributed by atoms with Crippen molar-refractivity contribution in [2.24, 2.45) is 23.7 Å². The predicted octanol–water partition coefficient (Wildman–Crippen LogP) is 6.84. The van der Waals surface area contributed by atoms with Gasteiger partial charge in [-0.05, 0) is 85.2 Å². The first-order valence-corrected chi connectivity index (χ1v) is 19.8. The average Bonchev–Trinajstić information content (AvgIpc) is 3.60. The monoisotopic (exact) mass is 788 g/mol. The fraction of sp³-hybridized carbons (Fsp3) is 0.333. The summed E-state index contributed by atoms with van der Waals surface area (Å²) in [5.41, 5.74) is 4.51. The van der Waals surface area contributed by atoms with Crippen molar-refractivity contribution in [3.8, 4) is 11.5 Å². The van der Waals surface area contributed by atoms with Gasteiger partial charge in [-0.1, -0.05) is 71.8 Å². The molecule has 5 aliphatic rings. The minimum Gasteiger partial charge on any atom is -0.508 e. The van der Waals surface area contributed by atoms with Gasteiger partial charge in [-0.2, -0.15) is 5.01 Å². The number of likely N-dealkylation sites (tertiary alicyclic amines) is 2. The maximum atomic E-state index is 15.3. The molecule has 0 radical (unpaired) electrons. The quantitative estimate of drug-likeness (QED) is 0.147. The van der Waals surface area contributed by atoms with Crippen molar-refractivity contribution < 1.29 is 33.4 Å². The van der Waals surface area contributed by atoms with Crippen LogP contribution >= 0.6 is 11.6 Å². The molecular weight excluding hydrogens is 747 g/mol. The third-order valence-corrected chi connectivity index (χ3v) is 13.3. The molecule has 12 heteroatoms. The van der Waals surface area contributed by atoms with Gasteiger partial charge in [0.2, 0.25) is 11.8 Å². The third-order valence-electron chi connectivity index (χ3n) is 13.0. The highest BCUT2D eigenvalue weighted by Crippen LogP contribution is 2.65. The second-order valence-corrected chi connectivity index (χ2v) is 16.3. The number of amides is 4. The van der Waals surface area contributed by atoms with Gasteiger partial charge in [-0.3, -0.25) is 34.4 Å². The molecule has 3 aliphatic heterocycles. The van der Waals surface area contributed by atoms with E-state index in [1.807, 2.05) is 24.3 Å². The summed E-state index contributed by atoms with van der Waals surface area (Å²) in [4.78, 5) is 63.2. The molecule has 0 spiro atoms. The van der Waals surface area contributed by atoms with Crippen molar-refractivity contribution in [2.45, 2.75) is 49.6 Å². The van der Waals surface area contributed by atoms with Crippen LogP contribution in [0.5, 0.6) is 11.5 Å². The topological polar surface area (TPSA) is 119 Å². The molecule has 1 saturated carbocycles. The van der Waals surface area contributed by atoms with E-state index in [1.165, 1.54) is 47.9 Å². The van der Waals surface area contributed by atoms with Crippen LogP contribution in [0.25, 0.3) is 0 Å². The Morgan fingerprint density at radius 2 is 1.60 bits per heavy atom. The number of carbonyl (C=O) groups is 4. The van der Waals surface area contributed by atoms with Crippen molar-refractivity contribution in [1.29, 1.82) is 0 Å². The van der Waals surface area contributed by atoms with Crippen LogP contribution in [0.3, 0.4) is 0 Å². The highest BCUT2D eigenvalue weighted by Gasteiger charge is 2.70. The number of carbonyl (C=O) groups excluding carboxylic acids is 4. The molecule has 10 nitrogen and oxygen atoms in total. The Labute approximate surface area is 334 Å². The van der Waals surface area contributed by atoms with Crippen LogP contribution in [0.1, 0.15) is 48.3 Å². The zero-order valence-electron chi connectivity index (χ0n) is 31.3. The Morgan fingerprint density at radius 3 is 2.28 bits per heavy atom. The third kappa shape index (κ3) is 6.01. The molecule has 6 unspecified atom stereocenters. The van der Waals surface area contributed by atoms with Gasteiger partial charge in [0, 0.05) is 48.2 Å². The number of allylic oxidation sites excluding steroid dienone is 2. The zero-order chi connectivity index (χ0) is 39.6. The van der Waals surface area contributed by atoms with E-state index in [-0.39, 0.29) is 36.4 Å². The van der Waals surface area contributed by atoms with Crippen LogP contribution in [0.2, 0.25) is 5.02 Å². The molecular formula is C45H42ClFN4O6. The van der Waals surface area contributed by atoms with E-state index in [0.29, 0.717) is 40.4 Å². The summed E-state index contributed by atoms with van der Waals surface area (Å²) in [5, 5.41) is 13.2. The first-order chi connectivity index (χ1) is 27.6. The van der Waals surface area contributed by atoms with Gasteiger partial charge in [-0.25, -0.2) is 4.39 Å². The molecule has 4 amide bonds. The van der Waals surface area contributed by atoms with E-state index in [9.17, 15) is 23.9 Å². The fourth-order valence-corrected chi connectivity index (χ4v) is 10.6. The van der Waals surface area contributed by atoms with E-state index in [4.69, 9.17) is 16.3 Å². The van der Waals surface area contributed by atoms with Gasteiger partial charge in [0.1, 0.15) is 17.3 Å². The summed E-state index contributed by atoms with van der Waals surface area (Å²) < 4.78 is 19.4. The van der Waals surface area contributed by atoms with E-state index in [0.717, 1.165) is 30.2 Å². The van der Waals surface area contributed by atoms with E-state index >= 15 is 4.79 Å². The fourth-order valence-electron chi connectivity index (χ4n) is 10.5. The lowest BCUT2D eigenvalue weighted by atomic mass is 9.49. The number of imide groups is 2. The molecule has 6 atom stereocenters. The highest BCUT2D eigenvalue weighted by molar-refractivity contribution is 6.30. The number of halogens is 2. The van der Waals surface area contributed by atoms with Gasteiger partial charge in [0.25, 0.3) is 11.8 Å². The number of benzene rings is 4. The molecule has 3 heterocycles. The van der Waals surface area contributed by atoms with Crippen LogP contribution in [0.15, 0.2) is 109 Å². The number of methoxy groups -OCH3 is 1. The summed E-state index contributed by atoms with van der Waals surface area (Å²) in [6.07, 6.45) is 3.68. The van der Waals surface area contributed by atoms with Gasteiger partial charge in [-0.15, -0.1) is 0 Å². The minimum absolute atomic E-state index is 0.109. The summed E-state index contributed by atoms with van der Waals surface area (Å²) in [5.74, 6) is -5.63. The van der Waals surface area contributed by atoms with Crippen molar-refractivity contribution in [3.05, 3.63) is 136 Å². The molecule has 57 heavy (non-hydrogen) atoms. The Bertz CT molecular complexity index is 2280. The number of hydrogen-bond acceptors (Lipinski definition) is 8. The summed E-state index contributed by atoms with van der Waals surface area (Å²) >= 11 is 6.39. The maximum absolute atomic E-state index is 15.3. The SMILES string of the molecule is COc1ccc(C2C3=CCC4C(=O)N(C5CCN(Cc6ccccc6)CC5)C(=O)C4C3CC3C(=O)N(Nc4ccc(F)cc4)C(=O)C32c2ccc(Cl)cc2)c(O)c1. The number of nitrogens with one attached hydrogen (secondary N) is 1. The number of ether oxygens (including phenoxy) is 1. The summed E-state index contributed by atoms with van der Waals surface area (Å²) in [6.45, 7) is 2.29. The first-order valence-electron chi connectivity index (χ1n) is 19.5. The van der Waals surface area contributed by atoms with Crippen LogP contribution in [-0.4, -0.2) is 69.8 Å². The number of nitrogens with zero attached hydrogens (tertiary/aromatic N) is 3. The number of hydrazine groups is 1. The summed E-state index contributed by atoms with van der Waals surface area (Å²) in [6, 6.07) is 27.0. The van der Waals surface area contributed by atoms with E-state index in [1.54, 1.807) is 36.4 Å². The molecule has 3 saturated heterocycles. The van der Waals surface area contributed by atoms with Crippen molar-refractivity contribution in [1.82, 2.24) is 14.8 Å². The van der Waals surface area contributed by atoms with Crippen LogP contribution in [-0.2, 0) is 31.1 Å². The number of fused-ring (bicyclic) bond motifs is 4. The van der Waals surface area contributed by atoms with Crippen molar-refractivity contribution in [2.75, 3.05) is 25.6 Å². The van der Waals surface area contributed by atoms with Crippen LogP contribution in [0, 0.1) is 29.5 Å². The summed E-state index contributed by atoms with van der Waals surface area (Å²) in [7, 11) is 1.49. The standard InChI is InChI=1S/C45H42ClFN4O6/c1-57-32-15-16-34(38(52)23-32)40-33-17-18-35-39(43(55)50(41(35)53)31-19-21-49(22-20-31)25-26-5-3-2-4-6-26)36(33)24-37-42(54)51(48-30-13-11-29(47)12-14-30)44(56)45(37,40)27-7-9-28(46)10-8-27/h2-17,23,31,35-37,39-40,48,52H,18-22,24-25H2,1H3. The van der Waals surface area contributed by atoms with Crippen LogP contribution in [0.4, 0.5) is 10.1 Å². The normalized spacial score (nSPS) is 27.6. The molecule has 0 bridgehead atoms. The zero-order valence-corrected chi connectivity index (χ0v) is 32.1. The lowest BCUT2D eigenvalue weighted by Gasteiger charge is -2.50. The molecule has 292 valence electrons. The molecule has 4 aromatic carbocycles. The Hall–Kier alpha value is -5.52. The lowest BCUT2D eigenvalue weighted by Crippen LogP contribution is -2.53. The minimum atomic E-state index is -1.60. The second kappa shape index (κ2) is 14.5. The smallest absolute Gasteiger partial charge is 0.260 e. The number of hydrogen-bond donors (Lipinski definition) is 2. The Balaban J connectivity index is 1.12. The van der Waals surface area contributed by atoms with Crippen molar-refractivity contribution >= 4 is 40.9 Å². The largest absolute Gasteiger partial charge is 0.508 e. The van der Waals surface area contributed by atoms with Gasteiger partial charge in [0.15, 0.2) is 0 Å². The first kappa shape index (κ1) is 37.1. The molecule has 2 N–H and O–H groups in total. The van der Waals surface area contributed by atoms with E-state index in [2.05, 4.69) is 22.5 Å².